The molecule has 100 valence electrons. The zero-order valence-corrected chi connectivity index (χ0v) is 10.6. The van der Waals surface area contributed by atoms with Crippen LogP contribution in [0.4, 0.5) is 17.1 Å². The molecule has 0 bridgehead atoms. The zero-order chi connectivity index (χ0) is 13.7. The first-order chi connectivity index (χ1) is 8.49. The molecule has 0 heterocycles. The van der Waals surface area contributed by atoms with E-state index in [1.165, 1.54) is 23.9 Å². The highest BCUT2D eigenvalue weighted by molar-refractivity contribution is 7.98. The van der Waals surface area contributed by atoms with E-state index < -0.39 is 11.0 Å². The molecule has 0 aliphatic rings. The van der Waals surface area contributed by atoms with Crippen LogP contribution in [0.15, 0.2) is 17.0 Å². The van der Waals surface area contributed by atoms with E-state index in [4.69, 9.17) is 10.8 Å². The Balaban J connectivity index is 3.00. The number of hydrogen-bond donors (Lipinski definition) is 4. The number of nitro groups is 1. The summed E-state index contributed by atoms with van der Waals surface area (Å²) in [5, 5.41) is 31.6. The molecule has 0 aliphatic heterocycles. The van der Waals surface area contributed by atoms with Crippen molar-refractivity contribution >= 4 is 28.8 Å². The lowest BCUT2D eigenvalue weighted by Gasteiger charge is -2.13. The van der Waals surface area contributed by atoms with Crippen LogP contribution in [-0.2, 0) is 0 Å². The molecule has 1 aromatic carbocycles. The van der Waals surface area contributed by atoms with Gasteiger partial charge in [0.2, 0.25) is 0 Å². The van der Waals surface area contributed by atoms with Crippen molar-refractivity contribution in [3.05, 3.63) is 22.2 Å². The lowest BCUT2D eigenvalue weighted by atomic mass is 10.2. The van der Waals surface area contributed by atoms with Crippen LogP contribution >= 0.6 is 11.8 Å². The maximum absolute atomic E-state index is 10.8. The fourth-order valence-electron chi connectivity index (χ4n) is 1.34. The lowest BCUT2D eigenvalue weighted by molar-refractivity contribution is -0.383. The first kappa shape index (κ1) is 14.6. The standard InChI is InChI=1S/C10H15N3O4S/c1-18-10-2-7(11)9(13(16)17)3-8(10)12-4-6(15)5-14/h2-3,6,12,14-15H,4-5,11H2,1H3. The average Bonchev–Trinajstić information content (AvgIpc) is 2.35. The molecule has 1 aromatic rings. The van der Waals surface area contributed by atoms with Crippen LogP contribution in [0.2, 0.25) is 0 Å². The summed E-state index contributed by atoms with van der Waals surface area (Å²) >= 11 is 1.38. The third kappa shape index (κ3) is 3.49. The largest absolute Gasteiger partial charge is 0.394 e. The first-order valence-corrected chi connectivity index (χ1v) is 6.36. The smallest absolute Gasteiger partial charge is 0.294 e. The number of rotatable bonds is 6. The number of aliphatic hydroxyl groups is 2. The highest BCUT2D eigenvalue weighted by atomic mass is 32.2. The van der Waals surface area contributed by atoms with Gasteiger partial charge in [0.05, 0.1) is 23.3 Å². The van der Waals surface area contributed by atoms with Gasteiger partial charge in [0.1, 0.15) is 5.69 Å². The number of nitro benzene ring substituents is 1. The minimum atomic E-state index is -0.920. The normalized spacial score (nSPS) is 12.2. The van der Waals surface area contributed by atoms with Crippen LogP contribution in [0.25, 0.3) is 0 Å². The molecule has 0 saturated heterocycles. The van der Waals surface area contributed by atoms with Gasteiger partial charge in [0, 0.05) is 17.5 Å². The molecule has 5 N–H and O–H groups in total. The molecule has 0 aromatic heterocycles. The van der Waals surface area contributed by atoms with Crippen LogP contribution in [0.5, 0.6) is 0 Å². The number of hydrogen-bond acceptors (Lipinski definition) is 7. The monoisotopic (exact) mass is 273 g/mol. The molecular weight excluding hydrogens is 258 g/mol. The predicted molar refractivity (Wildman–Crippen MR) is 70.9 cm³/mol. The Morgan fingerprint density at radius 3 is 2.78 bits per heavy atom. The summed E-state index contributed by atoms with van der Waals surface area (Å²) in [5.41, 5.74) is 6.00. The second-order valence-corrected chi connectivity index (χ2v) is 4.43. The number of anilines is 2. The molecule has 0 aliphatic carbocycles. The number of benzene rings is 1. The summed E-state index contributed by atoms with van der Waals surface area (Å²) in [4.78, 5) is 10.9. The maximum atomic E-state index is 10.8. The predicted octanol–water partition coefficient (Wildman–Crippen LogP) is 0.664. The van der Waals surface area contributed by atoms with Crippen molar-refractivity contribution in [3.8, 4) is 0 Å². The summed E-state index contributed by atoms with van der Waals surface area (Å²) < 4.78 is 0. The fourth-order valence-corrected chi connectivity index (χ4v) is 1.94. The van der Waals surface area contributed by atoms with E-state index in [0.717, 1.165) is 4.90 Å². The molecule has 0 spiro atoms. The van der Waals surface area contributed by atoms with E-state index in [-0.39, 0.29) is 24.5 Å². The minimum Gasteiger partial charge on any atom is -0.394 e. The molecule has 7 nitrogen and oxygen atoms in total. The summed E-state index contributed by atoms with van der Waals surface area (Å²) in [6, 6.07) is 2.84. The summed E-state index contributed by atoms with van der Waals surface area (Å²) in [5.74, 6) is 0. The van der Waals surface area contributed by atoms with Gasteiger partial charge < -0.3 is 21.3 Å². The quantitative estimate of drug-likeness (QED) is 0.260. The number of nitrogens with one attached hydrogen (secondary N) is 1. The van der Waals surface area contributed by atoms with Crippen LogP contribution in [-0.4, -0.2) is 40.6 Å². The van der Waals surface area contributed by atoms with Crippen LogP contribution in [0.1, 0.15) is 0 Å². The van der Waals surface area contributed by atoms with Crippen molar-refractivity contribution in [3.63, 3.8) is 0 Å². The zero-order valence-electron chi connectivity index (χ0n) is 9.79. The maximum Gasteiger partial charge on any atom is 0.294 e. The van der Waals surface area contributed by atoms with E-state index in [2.05, 4.69) is 5.32 Å². The number of aliphatic hydroxyl groups excluding tert-OH is 2. The Hall–Kier alpha value is -1.51. The van der Waals surface area contributed by atoms with E-state index in [9.17, 15) is 15.2 Å². The van der Waals surface area contributed by atoms with Gasteiger partial charge in [-0.2, -0.15) is 0 Å². The summed E-state index contributed by atoms with van der Waals surface area (Å²) in [6.07, 6.45) is 0.894. The van der Waals surface area contributed by atoms with E-state index in [0.29, 0.717) is 5.69 Å². The van der Waals surface area contributed by atoms with Crippen molar-refractivity contribution in [1.82, 2.24) is 0 Å². The number of thioether (sulfide) groups is 1. The third-order valence-electron chi connectivity index (χ3n) is 2.28. The van der Waals surface area contributed by atoms with Gasteiger partial charge >= 0.3 is 0 Å². The average molecular weight is 273 g/mol. The molecule has 0 fully saturated rings. The molecule has 1 unspecified atom stereocenters. The Morgan fingerprint density at radius 2 is 2.28 bits per heavy atom. The topological polar surface area (TPSA) is 122 Å². The molecule has 0 saturated carbocycles. The Kier molecular flexibility index (Phi) is 5.20. The van der Waals surface area contributed by atoms with Crippen LogP contribution in [0.3, 0.4) is 0 Å². The van der Waals surface area contributed by atoms with Gasteiger partial charge in [0.25, 0.3) is 5.69 Å². The van der Waals surface area contributed by atoms with Gasteiger partial charge in [-0.1, -0.05) is 0 Å². The SMILES string of the molecule is CSc1cc(N)c([N+](=O)[O-])cc1NCC(O)CO. The minimum absolute atomic E-state index is 0.0950. The van der Waals surface area contributed by atoms with Gasteiger partial charge in [0.15, 0.2) is 0 Å². The van der Waals surface area contributed by atoms with Crippen molar-refractivity contribution < 1.29 is 15.1 Å². The molecule has 1 atom stereocenters. The number of nitrogen functional groups attached to an aromatic ring is 1. The molecule has 8 heteroatoms. The molecule has 0 radical (unpaired) electrons. The summed E-state index contributed by atoms with van der Waals surface area (Å²) in [6.45, 7) is -0.274. The van der Waals surface area contributed by atoms with Crippen LogP contribution in [0, 0.1) is 10.1 Å². The van der Waals surface area contributed by atoms with Gasteiger partial charge in [-0.3, -0.25) is 10.1 Å². The van der Waals surface area contributed by atoms with Crippen molar-refractivity contribution in [2.75, 3.05) is 30.5 Å². The molecule has 0 amide bonds. The van der Waals surface area contributed by atoms with Gasteiger partial charge in [-0.05, 0) is 12.3 Å². The molecular formula is C10H15N3O4S. The second kappa shape index (κ2) is 6.43. The molecule has 18 heavy (non-hydrogen) atoms. The Bertz CT molecular complexity index is 441. The summed E-state index contributed by atoms with van der Waals surface area (Å²) in [7, 11) is 0. The highest BCUT2D eigenvalue weighted by Crippen LogP contribution is 2.34. The fraction of sp³-hybridized carbons (Fsp3) is 0.400. The van der Waals surface area contributed by atoms with Crippen molar-refractivity contribution in [2.24, 2.45) is 0 Å². The van der Waals surface area contributed by atoms with Crippen molar-refractivity contribution in [1.29, 1.82) is 0 Å². The molecule has 1 rings (SSSR count). The lowest BCUT2D eigenvalue weighted by Crippen LogP contribution is -2.23. The number of nitrogens with two attached hydrogens (primary N) is 1. The van der Waals surface area contributed by atoms with Gasteiger partial charge in [-0.25, -0.2) is 0 Å². The Labute approximate surface area is 108 Å². The van der Waals surface area contributed by atoms with Crippen LogP contribution < -0.4 is 11.1 Å². The van der Waals surface area contributed by atoms with Gasteiger partial charge in [-0.15, -0.1) is 11.8 Å². The third-order valence-corrected chi connectivity index (χ3v) is 3.06. The second-order valence-electron chi connectivity index (χ2n) is 3.59. The first-order valence-electron chi connectivity index (χ1n) is 5.14. The van der Waals surface area contributed by atoms with E-state index in [1.54, 1.807) is 0 Å². The number of nitrogens with zero attached hydrogens (tertiary/aromatic N) is 1. The van der Waals surface area contributed by atoms with Crippen molar-refractivity contribution in [2.45, 2.75) is 11.0 Å². The van der Waals surface area contributed by atoms with E-state index >= 15 is 0 Å². The van der Waals surface area contributed by atoms with E-state index in [1.807, 2.05) is 6.26 Å². The Morgan fingerprint density at radius 1 is 1.61 bits per heavy atom. The highest BCUT2D eigenvalue weighted by Gasteiger charge is 2.16.